The summed E-state index contributed by atoms with van der Waals surface area (Å²) in [6.45, 7) is 3.13. The first kappa shape index (κ1) is 11.3. The highest BCUT2D eigenvalue weighted by atomic mass is 19.1. The molecule has 0 aliphatic carbocycles. The molecule has 4 nitrogen and oxygen atoms in total. The highest BCUT2D eigenvalue weighted by Crippen LogP contribution is 2.22. The minimum Gasteiger partial charge on any atom is -0.350 e. The number of carbonyl (C=O) groups excluding carboxylic acids is 1. The van der Waals surface area contributed by atoms with Crippen LogP contribution in [0.5, 0.6) is 0 Å². The summed E-state index contributed by atoms with van der Waals surface area (Å²) in [6.07, 6.45) is 0. The lowest BCUT2D eigenvalue weighted by molar-refractivity contribution is -0.119. The Morgan fingerprint density at radius 1 is 1.53 bits per heavy atom. The maximum atomic E-state index is 12.9. The van der Waals surface area contributed by atoms with Crippen molar-refractivity contribution in [3.05, 3.63) is 34.5 Å². The number of hydrogen-bond donors (Lipinski definition) is 1. The van der Waals surface area contributed by atoms with Gasteiger partial charge in [-0.2, -0.15) is 0 Å². The SMILES string of the molecule is CC(=O)N[C@H](C)c1ccc(F)c(N=O)c1. The summed E-state index contributed by atoms with van der Waals surface area (Å²) in [5.74, 6) is -0.851. The number of carbonyl (C=O) groups is 1. The second-order valence-electron chi connectivity index (χ2n) is 3.22. The molecule has 0 aliphatic heterocycles. The van der Waals surface area contributed by atoms with Gasteiger partial charge in [0.25, 0.3) is 0 Å². The third-order valence-electron chi connectivity index (χ3n) is 1.99. The normalized spacial score (nSPS) is 11.9. The van der Waals surface area contributed by atoms with Crippen molar-refractivity contribution in [2.75, 3.05) is 0 Å². The Labute approximate surface area is 86.5 Å². The molecule has 0 radical (unpaired) electrons. The molecular weight excluding hydrogens is 199 g/mol. The molecule has 0 aromatic heterocycles. The average Bonchev–Trinajstić information content (AvgIpc) is 2.17. The first-order valence-electron chi connectivity index (χ1n) is 4.44. The van der Waals surface area contributed by atoms with E-state index in [0.29, 0.717) is 5.56 Å². The second-order valence-corrected chi connectivity index (χ2v) is 3.22. The van der Waals surface area contributed by atoms with Crippen molar-refractivity contribution >= 4 is 11.6 Å². The van der Waals surface area contributed by atoms with Crippen LogP contribution in [0.1, 0.15) is 25.5 Å². The standard InChI is InChI=1S/C10H11FN2O2/c1-6(12-7(2)14)8-3-4-9(11)10(5-8)13-15/h3-6H,1-2H3,(H,12,14)/t6-/m1/s1. The van der Waals surface area contributed by atoms with Gasteiger partial charge in [0.15, 0.2) is 5.82 Å². The van der Waals surface area contributed by atoms with Gasteiger partial charge in [-0.1, -0.05) is 6.07 Å². The Balaban J connectivity index is 2.95. The molecule has 0 unspecified atom stereocenters. The van der Waals surface area contributed by atoms with E-state index in [-0.39, 0.29) is 17.6 Å². The van der Waals surface area contributed by atoms with Crippen LogP contribution in [-0.4, -0.2) is 5.91 Å². The maximum absolute atomic E-state index is 12.9. The Bertz CT molecular complexity index is 393. The number of nitrogens with zero attached hydrogens (tertiary/aromatic N) is 1. The van der Waals surface area contributed by atoms with Gasteiger partial charge in [-0.25, -0.2) is 4.39 Å². The summed E-state index contributed by atoms with van der Waals surface area (Å²) in [5.41, 5.74) is 0.394. The third-order valence-corrected chi connectivity index (χ3v) is 1.99. The molecule has 1 aromatic rings. The molecule has 1 N–H and O–H groups in total. The zero-order valence-electron chi connectivity index (χ0n) is 8.45. The van der Waals surface area contributed by atoms with Crippen molar-refractivity contribution in [2.45, 2.75) is 19.9 Å². The second kappa shape index (κ2) is 4.63. The summed E-state index contributed by atoms with van der Waals surface area (Å²) in [7, 11) is 0. The highest BCUT2D eigenvalue weighted by Gasteiger charge is 2.10. The van der Waals surface area contributed by atoms with Crippen molar-refractivity contribution < 1.29 is 9.18 Å². The van der Waals surface area contributed by atoms with E-state index in [2.05, 4.69) is 10.5 Å². The van der Waals surface area contributed by atoms with Crippen molar-refractivity contribution in [3.63, 3.8) is 0 Å². The minimum absolute atomic E-state index is 0.188. The number of benzene rings is 1. The van der Waals surface area contributed by atoms with E-state index in [1.165, 1.54) is 19.1 Å². The maximum Gasteiger partial charge on any atom is 0.217 e. The quantitative estimate of drug-likeness (QED) is 0.779. The van der Waals surface area contributed by atoms with Crippen LogP contribution in [0.25, 0.3) is 0 Å². The average molecular weight is 210 g/mol. The van der Waals surface area contributed by atoms with E-state index in [9.17, 15) is 14.1 Å². The fourth-order valence-electron chi connectivity index (χ4n) is 1.26. The third kappa shape index (κ3) is 2.83. The van der Waals surface area contributed by atoms with Crippen LogP contribution in [0.4, 0.5) is 10.1 Å². The number of hydrogen-bond acceptors (Lipinski definition) is 3. The van der Waals surface area contributed by atoms with Gasteiger partial charge in [0.05, 0.1) is 6.04 Å². The minimum atomic E-state index is -0.663. The Hall–Kier alpha value is -1.78. The van der Waals surface area contributed by atoms with Gasteiger partial charge in [-0.05, 0) is 29.8 Å². The van der Waals surface area contributed by atoms with Crippen molar-refractivity contribution in [2.24, 2.45) is 5.18 Å². The Morgan fingerprint density at radius 2 is 2.20 bits per heavy atom. The van der Waals surface area contributed by atoms with E-state index in [0.717, 1.165) is 6.07 Å². The molecule has 0 heterocycles. The van der Waals surface area contributed by atoms with E-state index in [1.54, 1.807) is 6.92 Å². The number of rotatable bonds is 3. The molecule has 0 saturated heterocycles. The summed E-state index contributed by atoms with van der Waals surface area (Å²) in [5, 5.41) is 5.18. The lowest BCUT2D eigenvalue weighted by Gasteiger charge is -2.12. The van der Waals surface area contributed by atoms with E-state index in [4.69, 9.17) is 0 Å². The zero-order chi connectivity index (χ0) is 11.4. The molecule has 0 spiro atoms. The lowest BCUT2D eigenvalue weighted by atomic mass is 10.1. The van der Waals surface area contributed by atoms with Gasteiger partial charge in [-0.3, -0.25) is 4.79 Å². The number of nitrogens with one attached hydrogen (secondary N) is 1. The van der Waals surface area contributed by atoms with Gasteiger partial charge in [0.1, 0.15) is 5.69 Å². The number of halogens is 1. The first-order valence-corrected chi connectivity index (χ1v) is 4.44. The van der Waals surface area contributed by atoms with Crippen LogP contribution in [-0.2, 0) is 4.79 Å². The molecule has 0 bridgehead atoms. The first-order chi connectivity index (χ1) is 7.04. The fraction of sp³-hybridized carbons (Fsp3) is 0.300. The number of nitroso groups, excluding NO2 is 1. The summed E-state index contributed by atoms with van der Waals surface area (Å²) >= 11 is 0. The van der Waals surface area contributed by atoms with Crippen LogP contribution in [0, 0.1) is 10.7 Å². The van der Waals surface area contributed by atoms with Gasteiger partial charge in [0.2, 0.25) is 5.91 Å². The zero-order valence-corrected chi connectivity index (χ0v) is 8.45. The van der Waals surface area contributed by atoms with Gasteiger partial charge in [0, 0.05) is 6.92 Å². The molecule has 1 amide bonds. The topological polar surface area (TPSA) is 58.5 Å². The molecule has 80 valence electrons. The Morgan fingerprint density at radius 3 is 2.73 bits per heavy atom. The van der Waals surface area contributed by atoms with Crippen molar-refractivity contribution in [3.8, 4) is 0 Å². The van der Waals surface area contributed by atoms with Gasteiger partial charge in [-0.15, -0.1) is 4.91 Å². The van der Waals surface area contributed by atoms with Gasteiger partial charge < -0.3 is 5.32 Å². The highest BCUT2D eigenvalue weighted by molar-refractivity contribution is 5.73. The molecule has 1 aromatic carbocycles. The van der Waals surface area contributed by atoms with Crippen LogP contribution >= 0.6 is 0 Å². The molecular formula is C10H11FN2O2. The predicted molar refractivity (Wildman–Crippen MR) is 54.1 cm³/mol. The van der Waals surface area contributed by atoms with E-state index in [1.807, 2.05) is 0 Å². The van der Waals surface area contributed by atoms with Crippen molar-refractivity contribution in [1.29, 1.82) is 0 Å². The number of amides is 1. The molecule has 5 heteroatoms. The smallest absolute Gasteiger partial charge is 0.217 e. The summed E-state index contributed by atoms with van der Waals surface area (Å²) in [4.78, 5) is 21.0. The van der Waals surface area contributed by atoms with Crippen LogP contribution < -0.4 is 5.32 Å². The van der Waals surface area contributed by atoms with Crippen molar-refractivity contribution in [1.82, 2.24) is 5.32 Å². The molecule has 1 atom stereocenters. The fourth-order valence-corrected chi connectivity index (χ4v) is 1.26. The predicted octanol–water partition coefficient (Wildman–Crippen LogP) is 2.42. The lowest BCUT2D eigenvalue weighted by Crippen LogP contribution is -2.23. The van der Waals surface area contributed by atoms with Crippen LogP contribution in [0.3, 0.4) is 0 Å². The molecule has 0 fully saturated rings. The molecule has 15 heavy (non-hydrogen) atoms. The molecule has 0 aliphatic rings. The molecule has 0 saturated carbocycles. The Kier molecular flexibility index (Phi) is 3.49. The largest absolute Gasteiger partial charge is 0.350 e. The summed E-state index contributed by atoms with van der Waals surface area (Å²) < 4.78 is 12.9. The van der Waals surface area contributed by atoms with Gasteiger partial charge >= 0.3 is 0 Å². The summed E-state index contributed by atoms with van der Waals surface area (Å²) in [6, 6.07) is 3.71. The van der Waals surface area contributed by atoms with Crippen LogP contribution in [0.15, 0.2) is 23.4 Å². The van der Waals surface area contributed by atoms with Crippen LogP contribution in [0.2, 0.25) is 0 Å². The van der Waals surface area contributed by atoms with E-state index >= 15 is 0 Å². The molecule has 1 rings (SSSR count). The monoisotopic (exact) mass is 210 g/mol. The van der Waals surface area contributed by atoms with E-state index < -0.39 is 5.82 Å².